The SMILES string of the molecule is O=C(CNC(c1ccccc1)c1ccccc1)Nc1cc(S(=O)(=O)N2CCCC2)ccc1Cl. The normalized spacial score (nSPS) is 14.5. The van der Waals surface area contributed by atoms with Crippen molar-refractivity contribution in [1.82, 2.24) is 9.62 Å². The van der Waals surface area contributed by atoms with E-state index in [1.807, 2.05) is 60.7 Å². The van der Waals surface area contributed by atoms with Gasteiger partial charge in [-0.25, -0.2) is 8.42 Å². The Hall–Kier alpha value is -2.71. The largest absolute Gasteiger partial charge is 0.324 e. The molecule has 1 fully saturated rings. The summed E-state index contributed by atoms with van der Waals surface area (Å²) in [6.07, 6.45) is 1.71. The highest BCUT2D eigenvalue weighted by atomic mass is 35.5. The second-order valence-electron chi connectivity index (χ2n) is 7.94. The standard InChI is InChI=1S/C25H26ClN3O3S/c26-22-14-13-21(33(31,32)29-15-7-8-16-29)17-23(22)28-24(30)18-27-25(19-9-3-1-4-10-19)20-11-5-2-6-12-20/h1-6,9-14,17,25,27H,7-8,15-16,18H2,(H,28,30). The highest BCUT2D eigenvalue weighted by molar-refractivity contribution is 7.89. The molecule has 172 valence electrons. The lowest BCUT2D eigenvalue weighted by Crippen LogP contribution is -2.32. The molecule has 0 unspecified atom stereocenters. The van der Waals surface area contributed by atoms with Gasteiger partial charge in [-0.1, -0.05) is 72.3 Å². The summed E-state index contributed by atoms with van der Waals surface area (Å²) < 4.78 is 27.2. The molecule has 1 saturated heterocycles. The lowest BCUT2D eigenvalue weighted by atomic mass is 9.99. The Morgan fingerprint density at radius 3 is 2.06 bits per heavy atom. The molecule has 0 atom stereocenters. The number of amides is 1. The summed E-state index contributed by atoms with van der Waals surface area (Å²) in [5.74, 6) is -0.315. The van der Waals surface area contributed by atoms with Crippen LogP contribution in [0.2, 0.25) is 5.02 Å². The van der Waals surface area contributed by atoms with Gasteiger partial charge in [-0.15, -0.1) is 0 Å². The molecule has 1 heterocycles. The average molecular weight is 484 g/mol. The maximum atomic E-state index is 12.9. The molecule has 1 aliphatic heterocycles. The Bertz CT molecular complexity index is 1160. The van der Waals surface area contributed by atoms with E-state index in [4.69, 9.17) is 11.6 Å². The van der Waals surface area contributed by atoms with Crippen molar-refractivity contribution in [2.24, 2.45) is 0 Å². The summed E-state index contributed by atoms with van der Waals surface area (Å²) in [5.41, 5.74) is 2.35. The van der Waals surface area contributed by atoms with Crippen LogP contribution >= 0.6 is 11.6 Å². The molecule has 33 heavy (non-hydrogen) atoms. The van der Waals surface area contributed by atoms with Crippen LogP contribution < -0.4 is 10.6 Å². The Kier molecular flexibility index (Phi) is 7.45. The van der Waals surface area contributed by atoms with Crippen molar-refractivity contribution in [2.75, 3.05) is 25.0 Å². The third-order valence-electron chi connectivity index (χ3n) is 5.65. The number of nitrogens with zero attached hydrogens (tertiary/aromatic N) is 1. The summed E-state index contributed by atoms with van der Waals surface area (Å²) in [4.78, 5) is 12.9. The summed E-state index contributed by atoms with van der Waals surface area (Å²) in [7, 11) is -3.60. The third kappa shape index (κ3) is 5.62. The zero-order valence-corrected chi connectivity index (χ0v) is 19.6. The van der Waals surface area contributed by atoms with Crippen molar-refractivity contribution >= 4 is 33.2 Å². The Balaban J connectivity index is 1.48. The zero-order valence-electron chi connectivity index (χ0n) is 18.1. The topological polar surface area (TPSA) is 78.5 Å². The van der Waals surface area contributed by atoms with Crippen LogP contribution in [0.4, 0.5) is 5.69 Å². The van der Waals surface area contributed by atoms with Crippen molar-refractivity contribution in [3.05, 3.63) is 95.0 Å². The molecule has 0 aliphatic carbocycles. The summed E-state index contributed by atoms with van der Waals surface area (Å²) in [5, 5.41) is 6.34. The molecule has 0 aromatic heterocycles. The third-order valence-corrected chi connectivity index (χ3v) is 7.87. The van der Waals surface area contributed by atoms with Crippen LogP contribution in [0.15, 0.2) is 83.8 Å². The lowest BCUT2D eigenvalue weighted by Gasteiger charge is -2.20. The van der Waals surface area contributed by atoms with E-state index in [0.717, 1.165) is 24.0 Å². The maximum Gasteiger partial charge on any atom is 0.243 e. The van der Waals surface area contributed by atoms with Crippen LogP contribution in [0.1, 0.15) is 30.0 Å². The highest BCUT2D eigenvalue weighted by Crippen LogP contribution is 2.28. The van der Waals surface area contributed by atoms with E-state index in [0.29, 0.717) is 13.1 Å². The number of rotatable bonds is 8. The number of sulfonamides is 1. The van der Waals surface area contributed by atoms with Crippen molar-refractivity contribution in [2.45, 2.75) is 23.8 Å². The van der Waals surface area contributed by atoms with Crippen molar-refractivity contribution in [1.29, 1.82) is 0 Å². The molecule has 8 heteroatoms. The number of benzene rings is 3. The molecule has 3 aromatic rings. The van der Waals surface area contributed by atoms with E-state index in [2.05, 4.69) is 10.6 Å². The van der Waals surface area contributed by atoms with E-state index >= 15 is 0 Å². The van der Waals surface area contributed by atoms with Crippen LogP contribution in [0.3, 0.4) is 0 Å². The number of hydrogen-bond donors (Lipinski definition) is 2. The molecule has 4 rings (SSSR count). The van der Waals surface area contributed by atoms with Gasteiger partial charge >= 0.3 is 0 Å². The number of nitrogens with one attached hydrogen (secondary N) is 2. The fourth-order valence-electron chi connectivity index (χ4n) is 3.95. The molecule has 0 radical (unpaired) electrons. The second-order valence-corrected chi connectivity index (χ2v) is 10.3. The van der Waals surface area contributed by atoms with E-state index < -0.39 is 10.0 Å². The van der Waals surface area contributed by atoms with Gasteiger partial charge in [-0.2, -0.15) is 4.31 Å². The number of halogens is 1. The first-order chi connectivity index (χ1) is 15.9. The summed E-state index contributed by atoms with van der Waals surface area (Å²) in [6.45, 7) is 1.04. The van der Waals surface area contributed by atoms with E-state index in [1.165, 1.54) is 22.5 Å². The van der Waals surface area contributed by atoms with Crippen molar-refractivity contribution in [3.8, 4) is 0 Å². The summed E-state index contributed by atoms with van der Waals surface area (Å²) >= 11 is 6.26. The zero-order chi connectivity index (χ0) is 23.3. The molecule has 0 spiro atoms. The van der Waals surface area contributed by atoms with Gasteiger partial charge in [0.05, 0.1) is 28.2 Å². The number of carbonyl (C=O) groups is 1. The van der Waals surface area contributed by atoms with Crippen LogP contribution in [-0.4, -0.2) is 38.3 Å². The van der Waals surface area contributed by atoms with Crippen LogP contribution in [0.5, 0.6) is 0 Å². The number of hydrogen-bond acceptors (Lipinski definition) is 4. The minimum absolute atomic E-state index is 0.0217. The van der Waals surface area contributed by atoms with E-state index in [-0.39, 0.29) is 34.1 Å². The predicted molar refractivity (Wildman–Crippen MR) is 131 cm³/mol. The van der Waals surface area contributed by atoms with Crippen LogP contribution in [0, 0.1) is 0 Å². The van der Waals surface area contributed by atoms with Crippen molar-refractivity contribution in [3.63, 3.8) is 0 Å². The molecule has 6 nitrogen and oxygen atoms in total. The minimum Gasteiger partial charge on any atom is -0.324 e. The second kappa shape index (κ2) is 10.5. The fourth-order valence-corrected chi connectivity index (χ4v) is 5.66. The van der Waals surface area contributed by atoms with Gasteiger partial charge in [0.2, 0.25) is 15.9 Å². The molecule has 2 N–H and O–H groups in total. The molecule has 0 bridgehead atoms. The monoisotopic (exact) mass is 483 g/mol. The smallest absolute Gasteiger partial charge is 0.243 e. The van der Waals surface area contributed by atoms with Gasteiger partial charge in [0, 0.05) is 13.1 Å². The van der Waals surface area contributed by atoms with Gasteiger partial charge in [0.1, 0.15) is 0 Å². The molecular weight excluding hydrogens is 458 g/mol. The highest BCUT2D eigenvalue weighted by Gasteiger charge is 2.28. The quantitative estimate of drug-likeness (QED) is 0.496. The molecule has 1 aliphatic rings. The first-order valence-electron chi connectivity index (χ1n) is 10.9. The Morgan fingerprint density at radius 1 is 0.909 bits per heavy atom. The molecule has 3 aromatic carbocycles. The first-order valence-corrected chi connectivity index (χ1v) is 12.7. The molecule has 1 amide bonds. The van der Waals surface area contributed by atoms with Gasteiger partial charge in [0.25, 0.3) is 0 Å². The molecule has 0 saturated carbocycles. The van der Waals surface area contributed by atoms with Gasteiger partial charge in [-0.05, 0) is 42.2 Å². The minimum atomic E-state index is -3.60. The van der Waals surface area contributed by atoms with E-state index in [1.54, 1.807) is 0 Å². The Morgan fingerprint density at radius 2 is 1.48 bits per heavy atom. The van der Waals surface area contributed by atoms with Gasteiger partial charge in [-0.3, -0.25) is 10.1 Å². The van der Waals surface area contributed by atoms with Crippen LogP contribution in [-0.2, 0) is 14.8 Å². The lowest BCUT2D eigenvalue weighted by molar-refractivity contribution is -0.115. The average Bonchev–Trinajstić information content (AvgIpc) is 3.38. The van der Waals surface area contributed by atoms with Gasteiger partial charge < -0.3 is 5.32 Å². The van der Waals surface area contributed by atoms with Gasteiger partial charge in [0.15, 0.2) is 0 Å². The number of anilines is 1. The van der Waals surface area contributed by atoms with Crippen molar-refractivity contribution < 1.29 is 13.2 Å². The fraction of sp³-hybridized carbons (Fsp3) is 0.240. The summed E-state index contributed by atoms with van der Waals surface area (Å²) in [6, 6.07) is 24.0. The van der Waals surface area contributed by atoms with Crippen LogP contribution in [0.25, 0.3) is 0 Å². The Labute approximate surface area is 199 Å². The molecular formula is C25H26ClN3O3S. The van der Waals surface area contributed by atoms with E-state index in [9.17, 15) is 13.2 Å². The maximum absolute atomic E-state index is 12.9. The number of carbonyl (C=O) groups excluding carboxylic acids is 1. The first kappa shape index (κ1) is 23.4. The predicted octanol–water partition coefficient (Wildman–Crippen LogP) is 4.44.